The summed E-state index contributed by atoms with van der Waals surface area (Å²) in [6.45, 7) is 2.02. The molecular formula is C17H21N3. The Balaban J connectivity index is 1.84. The molecule has 0 saturated carbocycles. The lowest BCUT2D eigenvalue weighted by Gasteiger charge is -2.07. The van der Waals surface area contributed by atoms with E-state index in [0.717, 1.165) is 24.4 Å². The molecule has 0 saturated heterocycles. The number of fused-ring (bicyclic) bond motifs is 1. The topological polar surface area (TPSA) is 51.8 Å². The molecule has 20 heavy (non-hydrogen) atoms. The molecule has 0 fully saturated rings. The first-order valence-electron chi connectivity index (χ1n) is 7.42. The maximum Gasteiger partial charge on any atom is 0.129 e. The first kappa shape index (κ1) is 13.3. The molecule has 1 heterocycles. The second-order valence-electron chi connectivity index (χ2n) is 5.71. The maximum absolute atomic E-state index is 5.80. The highest BCUT2D eigenvalue weighted by Crippen LogP contribution is 2.27. The monoisotopic (exact) mass is 267 g/mol. The van der Waals surface area contributed by atoms with E-state index in [2.05, 4.69) is 28.2 Å². The van der Waals surface area contributed by atoms with Gasteiger partial charge < -0.3 is 5.73 Å². The molecule has 2 aromatic rings. The van der Waals surface area contributed by atoms with Gasteiger partial charge in [-0.3, -0.25) is 0 Å². The lowest BCUT2D eigenvalue weighted by atomic mass is 10.0. The standard InChI is InChI=1S/C17H21N3/c1-12(18)5-8-17-19-10-9-16(20-17)15-7-6-13-3-2-4-14(13)11-15/h6-7,9-12H,2-5,8,18H2,1H3. The van der Waals surface area contributed by atoms with Gasteiger partial charge in [0.2, 0.25) is 0 Å². The van der Waals surface area contributed by atoms with Crippen LogP contribution in [0.5, 0.6) is 0 Å². The third-order valence-electron chi connectivity index (χ3n) is 3.92. The molecular weight excluding hydrogens is 246 g/mol. The van der Waals surface area contributed by atoms with Crippen molar-refractivity contribution in [1.82, 2.24) is 9.97 Å². The molecule has 3 nitrogen and oxygen atoms in total. The molecule has 3 heteroatoms. The molecule has 1 unspecified atom stereocenters. The Labute approximate surface area is 120 Å². The van der Waals surface area contributed by atoms with Gasteiger partial charge in [-0.25, -0.2) is 9.97 Å². The number of aryl methyl sites for hydroxylation is 3. The van der Waals surface area contributed by atoms with E-state index in [4.69, 9.17) is 5.73 Å². The Morgan fingerprint density at radius 1 is 1.20 bits per heavy atom. The predicted molar refractivity (Wildman–Crippen MR) is 81.5 cm³/mol. The van der Waals surface area contributed by atoms with E-state index in [1.54, 1.807) is 0 Å². The van der Waals surface area contributed by atoms with Gasteiger partial charge in [0.1, 0.15) is 5.82 Å². The van der Waals surface area contributed by atoms with E-state index in [-0.39, 0.29) is 6.04 Å². The van der Waals surface area contributed by atoms with Crippen molar-refractivity contribution in [2.75, 3.05) is 0 Å². The molecule has 3 rings (SSSR count). The van der Waals surface area contributed by atoms with Gasteiger partial charge in [0.25, 0.3) is 0 Å². The number of aromatic nitrogens is 2. The molecule has 0 aliphatic heterocycles. The fourth-order valence-corrected chi connectivity index (χ4v) is 2.77. The van der Waals surface area contributed by atoms with E-state index in [9.17, 15) is 0 Å². The Morgan fingerprint density at radius 3 is 2.90 bits per heavy atom. The zero-order chi connectivity index (χ0) is 13.9. The molecule has 0 amide bonds. The van der Waals surface area contributed by atoms with Crippen molar-refractivity contribution in [3.8, 4) is 11.3 Å². The van der Waals surface area contributed by atoms with E-state index < -0.39 is 0 Å². The van der Waals surface area contributed by atoms with Crippen LogP contribution in [0.3, 0.4) is 0 Å². The minimum absolute atomic E-state index is 0.197. The Bertz CT molecular complexity index is 605. The molecule has 1 aromatic heterocycles. The summed E-state index contributed by atoms with van der Waals surface area (Å²) in [4.78, 5) is 9.02. The van der Waals surface area contributed by atoms with Gasteiger partial charge in [0.15, 0.2) is 0 Å². The Hall–Kier alpha value is -1.74. The van der Waals surface area contributed by atoms with Gasteiger partial charge in [-0.05, 0) is 55.9 Å². The van der Waals surface area contributed by atoms with Crippen LogP contribution >= 0.6 is 0 Å². The third-order valence-corrected chi connectivity index (χ3v) is 3.92. The van der Waals surface area contributed by atoms with Gasteiger partial charge in [-0.2, -0.15) is 0 Å². The second-order valence-corrected chi connectivity index (χ2v) is 5.71. The summed E-state index contributed by atoms with van der Waals surface area (Å²) in [5.74, 6) is 0.889. The van der Waals surface area contributed by atoms with Crippen LogP contribution in [0.25, 0.3) is 11.3 Å². The molecule has 1 aliphatic rings. The number of rotatable bonds is 4. The van der Waals surface area contributed by atoms with Crippen LogP contribution in [0.15, 0.2) is 30.5 Å². The van der Waals surface area contributed by atoms with Crippen LogP contribution in [-0.4, -0.2) is 16.0 Å². The van der Waals surface area contributed by atoms with Gasteiger partial charge >= 0.3 is 0 Å². The predicted octanol–water partition coefficient (Wildman–Crippen LogP) is 2.91. The van der Waals surface area contributed by atoms with Crippen molar-refractivity contribution in [2.45, 2.75) is 45.1 Å². The largest absolute Gasteiger partial charge is 0.328 e. The quantitative estimate of drug-likeness (QED) is 0.926. The highest BCUT2D eigenvalue weighted by Gasteiger charge is 2.12. The van der Waals surface area contributed by atoms with E-state index in [1.807, 2.05) is 19.2 Å². The van der Waals surface area contributed by atoms with Crippen LogP contribution in [0.2, 0.25) is 0 Å². The number of benzene rings is 1. The van der Waals surface area contributed by atoms with Crippen molar-refractivity contribution in [2.24, 2.45) is 5.73 Å². The number of hydrogen-bond donors (Lipinski definition) is 1. The van der Waals surface area contributed by atoms with Gasteiger partial charge in [-0.15, -0.1) is 0 Å². The maximum atomic E-state index is 5.80. The third kappa shape index (κ3) is 2.88. The zero-order valence-corrected chi connectivity index (χ0v) is 12.0. The van der Waals surface area contributed by atoms with E-state index in [0.29, 0.717) is 0 Å². The molecule has 0 radical (unpaired) electrons. The lowest BCUT2D eigenvalue weighted by Crippen LogP contribution is -2.16. The highest BCUT2D eigenvalue weighted by atomic mass is 14.9. The smallest absolute Gasteiger partial charge is 0.129 e. The van der Waals surface area contributed by atoms with Gasteiger partial charge in [0, 0.05) is 24.2 Å². The van der Waals surface area contributed by atoms with Crippen molar-refractivity contribution in [3.05, 3.63) is 47.4 Å². The Kier molecular flexibility index (Phi) is 3.79. The number of nitrogens with two attached hydrogens (primary N) is 1. The van der Waals surface area contributed by atoms with Crippen molar-refractivity contribution >= 4 is 0 Å². The van der Waals surface area contributed by atoms with Crippen molar-refractivity contribution in [1.29, 1.82) is 0 Å². The fraction of sp³-hybridized carbons (Fsp3) is 0.412. The average molecular weight is 267 g/mol. The molecule has 0 bridgehead atoms. The summed E-state index contributed by atoms with van der Waals surface area (Å²) in [5.41, 5.74) is 11.0. The Morgan fingerprint density at radius 2 is 2.05 bits per heavy atom. The summed E-state index contributed by atoms with van der Waals surface area (Å²) >= 11 is 0. The SMILES string of the molecule is CC(N)CCc1nccc(-c2ccc3c(c2)CCC3)n1. The summed E-state index contributed by atoms with van der Waals surface area (Å²) in [6, 6.07) is 8.91. The van der Waals surface area contributed by atoms with Crippen LogP contribution < -0.4 is 5.73 Å². The summed E-state index contributed by atoms with van der Waals surface area (Å²) in [5, 5.41) is 0. The molecule has 104 valence electrons. The second kappa shape index (κ2) is 5.71. The minimum Gasteiger partial charge on any atom is -0.328 e. The van der Waals surface area contributed by atoms with Gasteiger partial charge in [-0.1, -0.05) is 12.1 Å². The summed E-state index contributed by atoms with van der Waals surface area (Å²) in [6.07, 6.45) is 7.32. The van der Waals surface area contributed by atoms with Crippen LogP contribution in [0, 0.1) is 0 Å². The zero-order valence-electron chi connectivity index (χ0n) is 12.0. The van der Waals surface area contributed by atoms with Crippen molar-refractivity contribution in [3.63, 3.8) is 0 Å². The van der Waals surface area contributed by atoms with E-state index in [1.165, 1.54) is 36.0 Å². The lowest BCUT2D eigenvalue weighted by molar-refractivity contribution is 0.648. The molecule has 1 atom stereocenters. The molecule has 1 aliphatic carbocycles. The number of nitrogens with zero attached hydrogens (tertiary/aromatic N) is 2. The van der Waals surface area contributed by atoms with Gasteiger partial charge in [0.05, 0.1) is 5.69 Å². The first-order valence-corrected chi connectivity index (χ1v) is 7.42. The fourth-order valence-electron chi connectivity index (χ4n) is 2.77. The van der Waals surface area contributed by atoms with Crippen molar-refractivity contribution < 1.29 is 0 Å². The first-order chi connectivity index (χ1) is 9.72. The van der Waals surface area contributed by atoms with Crippen LogP contribution in [0.4, 0.5) is 0 Å². The van der Waals surface area contributed by atoms with Crippen LogP contribution in [-0.2, 0) is 19.3 Å². The molecule has 2 N–H and O–H groups in total. The highest BCUT2D eigenvalue weighted by molar-refractivity contribution is 5.61. The summed E-state index contributed by atoms with van der Waals surface area (Å²) in [7, 11) is 0. The molecule has 1 aromatic carbocycles. The van der Waals surface area contributed by atoms with E-state index >= 15 is 0 Å². The average Bonchev–Trinajstić information content (AvgIpc) is 2.93. The minimum atomic E-state index is 0.197. The summed E-state index contributed by atoms with van der Waals surface area (Å²) < 4.78 is 0. The molecule has 0 spiro atoms. The normalized spacial score (nSPS) is 15.1. The number of hydrogen-bond acceptors (Lipinski definition) is 3. The van der Waals surface area contributed by atoms with Crippen LogP contribution in [0.1, 0.15) is 36.7 Å².